The SMILES string of the molecule is C/C=C/C1CC(C(=O)O)NC1C(NC(C)=O)C(O)CC#N. The molecule has 5 atom stereocenters. The van der Waals surface area contributed by atoms with Crippen LogP contribution in [0.15, 0.2) is 12.2 Å². The normalized spacial score (nSPS) is 28.0. The van der Waals surface area contributed by atoms with E-state index < -0.39 is 30.2 Å². The number of nitrogens with one attached hydrogen (secondary N) is 2. The molecule has 5 unspecified atom stereocenters. The third-order valence-electron chi connectivity index (χ3n) is 3.57. The molecule has 0 spiro atoms. The molecule has 0 saturated carbocycles. The second kappa shape index (κ2) is 7.76. The number of rotatable bonds is 6. The lowest BCUT2D eigenvalue weighted by Gasteiger charge is -2.31. The Morgan fingerprint density at radius 1 is 1.57 bits per heavy atom. The predicted octanol–water partition coefficient (Wildman–Crippen LogP) is -0.227. The highest BCUT2D eigenvalue weighted by Gasteiger charge is 2.42. The van der Waals surface area contributed by atoms with Crippen LogP contribution in [0.3, 0.4) is 0 Å². The first kappa shape index (κ1) is 17.1. The van der Waals surface area contributed by atoms with Gasteiger partial charge in [-0.1, -0.05) is 12.2 Å². The molecule has 116 valence electrons. The molecule has 1 heterocycles. The van der Waals surface area contributed by atoms with E-state index in [0.29, 0.717) is 6.42 Å². The standard InChI is InChI=1S/C14H21N3O4/c1-3-4-9-7-10(14(20)21)17-12(9)13(16-8(2)18)11(19)5-6-15/h3-4,9-13,17,19H,5,7H2,1-2H3,(H,16,18)(H,20,21)/b4-3+. The van der Waals surface area contributed by atoms with Crippen LogP contribution in [-0.4, -0.2) is 46.3 Å². The minimum absolute atomic E-state index is 0.135. The molecule has 0 aromatic heterocycles. The number of nitriles is 1. The van der Waals surface area contributed by atoms with Crippen LogP contribution in [0.2, 0.25) is 0 Å². The molecular formula is C14H21N3O4. The molecule has 1 rings (SSSR count). The number of amides is 1. The number of hydrogen-bond acceptors (Lipinski definition) is 5. The van der Waals surface area contributed by atoms with Gasteiger partial charge in [0, 0.05) is 13.0 Å². The number of carbonyl (C=O) groups is 2. The van der Waals surface area contributed by atoms with Gasteiger partial charge in [-0.3, -0.25) is 14.9 Å². The van der Waals surface area contributed by atoms with Gasteiger partial charge in [-0.05, 0) is 19.3 Å². The predicted molar refractivity (Wildman–Crippen MR) is 75.1 cm³/mol. The summed E-state index contributed by atoms with van der Waals surface area (Å²) in [6, 6.07) is -0.0231. The van der Waals surface area contributed by atoms with Crippen molar-refractivity contribution in [3.8, 4) is 6.07 Å². The van der Waals surface area contributed by atoms with Crippen molar-refractivity contribution in [3.05, 3.63) is 12.2 Å². The van der Waals surface area contributed by atoms with E-state index in [4.69, 9.17) is 10.4 Å². The van der Waals surface area contributed by atoms with Crippen molar-refractivity contribution in [3.63, 3.8) is 0 Å². The lowest BCUT2D eigenvalue weighted by atomic mass is 9.89. The molecule has 0 bridgehead atoms. The van der Waals surface area contributed by atoms with Crippen molar-refractivity contribution in [1.29, 1.82) is 5.26 Å². The molecule has 1 amide bonds. The van der Waals surface area contributed by atoms with Gasteiger partial charge in [-0.25, -0.2) is 0 Å². The van der Waals surface area contributed by atoms with E-state index in [2.05, 4.69) is 10.6 Å². The number of aliphatic hydroxyl groups excluding tert-OH is 1. The number of allylic oxidation sites excluding steroid dienone is 1. The number of aliphatic hydroxyl groups is 1. The summed E-state index contributed by atoms with van der Waals surface area (Å²) in [5, 5.41) is 33.5. The third kappa shape index (κ3) is 4.55. The Hall–Kier alpha value is -1.91. The molecule has 1 saturated heterocycles. The molecule has 7 heteroatoms. The van der Waals surface area contributed by atoms with Crippen molar-refractivity contribution < 1.29 is 19.8 Å². The molecule has 0 radical (unpaired) electrons. The minimum atomic E-state index is -1.06. The van der Waals surface area contributed by atoms with Gasteiger partial charge in [0.1, 0.15) is 6.04 Å². The summed E-state index contributed by atoms with van der Waals surface area (Å²) in [4.78, 5) is 22.5. The fourth-order valence-electron chi connectivity index (χ4n) is 2.71. The first-order valence-electron chi connectivity index (χ1n) is 6.84. The second-order valence-electron chi connectivity index (χ2n) is 5.16. The lowest BCUT2D eigenvalue weighted by molar-refractivity contribution is -0.139. The number of hydrogen-bond donors (Lipinski definition) is 4. The zero-order valence-corrected chi connectivity index (χ0v) is 12.1. The fourth-order valence-corrected chi connectivity index (χ4v) is 2.71. The van der Waals surface area contributed by atoms with Gasteiger partial charge in [0.15, 0.2) is 0 Å². The van der Waals surface area contributed by atoms with Crippen LogP contribution >= 0.6 is 0 Å². The smallest absolute Gasteiger partial charge is 0.320 e. The van der Waals surface area contributed by atoms with Crippen LogP contribution in [-0.2, 0) is 9.59 Å². The molecule has 7 nitrogen and oxygen atoms in total. The zero-order valence-electron chi connectivity index (χ0n) is 12.1. The van der Waals surface area contributed by atoms with Crippen LogP contribution < -0.4 is 10.6 Å². The van der Waals surface area contributed by atoms with E-state index in [9.17, 15) is 14.7 Å². The minimum Gasteiger partial charge on any atom is -0.480 e. The largest absolute Gasteiger partial charge is 0.480 e. The molecule has 1 aliphatic heterocycles. The van der Waals surface area contributed by atoms with Gasteiger partial charge in [0.25, 0.3) is 0 Å². The highest BCUT2D eigenvalue weighted by atomic mass is 16.4. The van der Waals surface area contributed by atoms with Crippen molar-refractivity contribution in [2.45, 2.75) is 50.9 Å². The van der Waals surface area contributed by atoms with E-state index >= 15 is 0 Å². The van der Waals surface area contributed by atoms with E-state index in [0.717, 1.165) is 0 Å². The average Bonchev–Trinajstić information content (AvgIpc) is 2.80. The number of carboxylic acid groups (broad SMARTS) is 1. The van der Waals surface area contributed by atoms with Crippen LogP contribution in [0.5, 0.6) is 0 Å². The Morgan fingerprint density at radius 2 is 2.24 bits per heavy atom. The average molecular weight is 295 g/mol. The summed E-state index contributed by atoms with van der Waals surface area (Å²) in [7, 11) is 0. The summed E-state index contributed by atoms with van der Waals surface area (Å²) in [5.41, 5.74) is 0. The maximum absolute atomic E-state index is 11.3. The Morgan fingerprint density at radius 3 is 2.71 bits per heavy atom. The van der Waals surface area contributed by atoms with Crippen LogP contribution in [0.1, 0.15) is 26.7 Å². The molecule has 4 N–H and O–H groups in total. The number of nitrogens with zero attached hydrogens (tertiary/aromatic N) is 1. The molecule has 0 aromatic carbocycles. The monoisotopic (exact) mass is 295 g/mol. The highest BCUT2D eigenvalue weighted by molar-refractivity contribution is 5.75. The van der Waals surface area contributed by atoms with E-state index in [1.165, 1.54) is 6.92 Å². The lowest BCUT2D eigenvalue weighted by Crippen LogP contribution is -2.56. The van der Waals surface area contributed by atoms with Crippen molar-refractivity contribution in [2.75, 3.05) is 0 Å². The number of aliphatic carboxylic acids is 1. The molecule has 1 fully saturated rings. The first-order chi connectivity index (χ1) is 9.90. The van der Waals surface area contributed by atoms with Gasteiger partial charge in [0.2, 0.25) is 5.91 Å². The van der Waals surface area contributed by atoms with Gasteiger partial charge in [-0.2, -0.15) is 5.26 Å². The van der Waals surface area contributed by atoms with Gasteiger partial charge < -0.3 is 15.5 Å². The topological polar surface area (TPSA) is 122 Å². The number of carbonyl (C=O) groups excluding carboxylic acids is 1. The maximum Gasteiger partial charge on any atom is 0.320 e. The van der Waals surface area contributed by atoms with E-state index in [1.54, 1.807) is 0 Å². The molecule has 0 aliphatic carbocycles. The van der Waals surface area contributed by atoms with E-state index in [-0.39, 0.29) is 18.2 Å². The maximum atomic E-state index is 11.3. The molecule has 0 aromatic rings. The van der Waals surface area contributed by atoms with Crippen molar-refractivity contribution >= 4 is 11.9 Å². The Kier molecular flexibility index (Phi) is 6.34. The highest BCUT2D eigenvalue weighted by Crippen LogP contribution is 2.26. The Bertz CT molecular complexity index is 458. The number of carboxylic acids is 1. The van der Waals surface area contributed by atoms with Gasteiger partial charge >= 0.3 is 5.97 Å². The summed E-state index contributed by atoms with van der Waals surface area (Å²) in [6.45, 7) is 3.14. The molecular weight excluding hydrogens is 274 g/mol. The van der Waals surface area contributed by atoms with Gasteiger partial charge in [0.05, 0.1) is 24.6 Å². The van der Waals surface area contributed by atoms with E-state index in [1.807, 2.05) is 25.1 Å². The van der Waals surface area contributed by atoms with Gasteiger partial charge in [-0.15, -0.1) is 0 Å². The first-order valence-corrected chi connectivity index (χ1v) is 6.84. The third-order valence-corrected chi connectivity index (χ3v) is 3.57. The fraction of sp³-hybridized carbons (Fsp3) is 0.643. The summed E-state index contributed by atoms with van der Waals surface area (Å²) in [5.74, 6) is -1.44. The Balaban J connectivity index is 2.99. The van der Waals surface area contributed by atoms with Crippen LogP contribution in [0.25, 0.3) is 0 Å². The zero-order chi connectivity index (χ0) is 16.0. The molecule has 1 aliphatic rings. The Labute approximate surface area is 123 Å². The van der Waals surface area contributed by atoms with Crippen molar-refractivity contribution in [2.24, 2.45) is 5.92 Å². The summed E-state index contributed by atoms with van der Waals surface area (Å²) >= 11 is 0. The van der Waals surface area contributed by atoms with Crippen molar-refractivity contribution in [1.82, 2.24) is 10.6 Å². The van der Waals surface area contributed by atoms with Crippen LogP contribution in [0, 0.1) is 17.2 Å². The quantitative estimate of drug-likeness (QED) is 0.502. The summed E-state index contributed by atoms with van der Waals surface area (Å²) < 4.78 is 0. The summed E-state index contributed by atoms with van der Waals surface area (Å²) in [6.07, 6.45) is 2.85. The second-order valence-corrected chi connectivity index (χ2v) is 5.16. The molecule has 21 heavy (non-hydrogen) atoms. The van der Waals surface area contributed by atoms with Crippen LogP contribution in [0.4, 0.5) is 0 Å².